The smallest absolute Gasteiger partial charge is 0.258 e. The Bertz CT molecular complexity index is 747. The molecule has 25 heavy (non-hydrogen) atoms. The van der Waals surface area contributed by atoms with Crippen LogP contribution in [-0.4, -0.2) is 40.5 Å². The summed E-state index contributed by atoms with van der Waals surface area (Å²) in [5.41, 5.74) is 1.50. The van der Waals surface area contributed by atoms with Gasteiger partial charge in [0.1, 0.15) is 6.04 Å². The highest BCUT2D eigenvalue weighted by Crippen LogP contribution is 2.14. The minimum absolute atomic E-state index is 0.367. The van der Waals surface area contributed by atoms with Gasteiger partial charge in [0.25, 0.3) is 11.8 Å². The second-order valence-corrected chi connectivity index (χ2v) is 6.30. The van der Waals surface area contributed by atoms with Gasteiger partial charge < -0.3 is 5.32 Å². The number of amides is 2. The topological polar surface area (TPSA) is 86.1 Å². The molecule has 0 fully saturated rings. The highest BCUT2D eigenvalue weighted by Gasteiger charge is 2.24. The van der Waals surface area contributed by atoms with Crippen LogP contribution in [0.25, 0.3) is 0 Å². The maximum absolute atomic E-state index is 12.3. The number of benzene rings is 1. The lowest BCUT2D eigenvalue weighted by Gasteiger charge is -2.20. The molecule has 2 rings (SSSR count). The molecule has 1 aromatic carbocycles. The molecule has 0 aliphatic carbocycles. The number of pyridine rings is 1. The van der Waals surface area contributed by atoms with E-state index in [4.69, 9.17) is 5.26 Å². The van der Waals surface area contributed by atoms with E-state index in [0.717, 1.165) is 10.5 Å². The lowest BCUT2D eigenvalue weighted by molar-refractivity contribution is -0.128. The van der Waals surface area contributed by atoms with Gasteiger partial charge in [-0.15, -0.1) is 0 Å². The van der Waals surface area contributed by atoms with Crippen LogP contribution in [0.5, 0.6) is 0 Å². The van der Waals surface area contributed by atoms with Crippen LogP contribution in [0.2, 0.25) is 0 Å². The predicted molar refractivity (Wildman–Crippen MR) is 96.5 cm³/mol. The molecule has 1 heterocycles. The van der Waals surface area contributed by atoms with E-state index in [1.54, 1.807) is 24.5 Å². The third-order valence-electron chi connectivity index (χ3n) is 3.40. The van der Waals surface area contributed by atoms with Crippen molar-refractivity contribution in [2.24, 2.45) is 0 Å². The number of carbonyl (C=O) groups is 2. The van der Waals surface area contributed by atoms with E-state index in [2.05, 4.69) is 10.3 Å². The van der Waals surface area contributed by atoms with E-state index in [9.17, 15) is 9.59 Å². The maximum Gasteiger partial charge on any atom is 0.258 e. The van der Waals surface area contributed by atoms with Gasteiger partial charge in [-0.2, -0.15) is 17.0 Å². The molecule has 6 nitrogen and oxygen atoms in total. The van der Waals surface area contributed by atoms with Gasteiger partial charge in [-0.3, -0.25) is 19.5 Å². The summed E-state index contributed by atoms with van der Waals surface area (Å²) in [4.78, 5) is 29.5. The van der Waals surface area contributed by atoms with Crippen molar-refractivity contribution in [1.82, 2.24) is 15.2 Å². The number of rotatable bonds is 7. The molecular weight excluding hydrogens is 336 g/mol. The summed E-state index contributed by atoms with van der Waals surface area (Å²) in [5.74, 6) is 0.244. The molecule has 0 aliphatic rings. The van der Waals surface area contributed by atoms with Gasteiger partial charge in [0.15, 0.2) is 6.19 Å². The van der Waals surface area contributed by atoms with Gasteiger partial charge >= 0.3 is 0 Å². The Morgan fingerprint density at radius 3 is 2.68 bits per heavy atom. The first-order valence-corrected chi connectivity index (χ1v) is 8.77. The summed E-state index contributed by atoms with van der Waals surface area (Å²) in [6.45, 7) is 0. The Labute approximate surface area is 150 Å². The van der Waals surface area contributed by atoms with E-state index >= 15 is 0 Å². The molecule has 2 aromatic rings. The number of hydrogen-bond acceptors (Lipinski definition) is 5. The molecule has 1 aromatic heterocycles. The van der Waals surface area contributed by atoms with Gasteiger partial charge in [0.2, 0.25) is 0 Å². The van der Waals surface area contributed by atoms with E-state index in [1.165, 1.54) is 25.0 Å². The summed E-state index contributed by atoms with van der Waals surface area (Å²) in [6, 6.07) is 12.3. The monoisotopic (exact) mass is 354 g/mol. The first-order valence-electron chi connectivity index (χ1n) is 7.61. The highest BCUT2D eigenvalue weighted by molar-refractivity contribution is 7.98. The first-order chi connectivity index (χ1) is 12.1. The molecule has 0 unspecified atom stereocenters. The Morgan fingerprint density at radius 1 is 1.28 bits per heavy atom. The van der Waals surface area contributed by atoms with Crippen LogP contribution in [0.1, 0.15) is 15.9 Å². The summed E-state index contributed by atoms with van der Waals surface area (Å²) < 4.78 is 0. The van der Waals surface area contributed by atoms with Gasteiger partial charge in [-0.25, -0.2) is 0 Å². The summed E-state index contributed by atoms with van der Waals surface area (Å²) in [7, 11) is 1.38. The fourth-order valence-corrected chi connectivity index (χ4v) is 3.07. The van der Waals surface area contributed by atoms with Crippen LogP contribution in [0.4, 0.5) is 0 Å². The fraction of sp³-hybridized carbons (Fsp3) is 0.222. The van der Waals surface area contributed by atoms with Crippen molar-refractivity contribution in [1.29, 1.82) is 5.26 Å². The zero-order chi connectivity index (χ0) is 18.1. The van der Waals surface area contributed by atoms with E-state index in [1.807, 2.05) is 30.3 Å². The second-order valence-electron chi connectivity index (χ2n) is 5.27. The molecule has 0 saturated carbocycles. The molecule has 2 amide bonds. The Kier molecular flexibility index (Phi) is 6.99. The summed E-state index contributed by atoms with van der Waals surface area (Å²) in [5, 5.41) is 11.6. The number of thioether (sulfide) groups is 1. The first kappa shape index (κ1) is 18.5. The van der Waals surface area contributed by atoms with Gasteiger partial charge in [0.05, 0.1) is 5.56 Å². The number of hydrogen-bond donors (Lipinski definition) is 1. The summed E-state index contributed by atoms with van der Waals surface area (Å²) in [6.07, 6.45) is 4.78. The largest absolute Gasteiger partial charge is 0.339 e. The quantitative estimate of drug-likeness (QED) is 0.607. The molecule has 1 N–H and O–H groups in total. The van der Waals surface area contributed by atoms with Crippen molar-refractivity contribution in [3.63, 3.8) is 0 Å². The van der Waals surface area contributed by atoms with Gasteiger partial charge in [-0.05, 0) is 17.7 Å². The lowest BCUT2D eigenvalue weighted by atomic mass is 10.2. The number of nitrogens with zero attached hydrogens (tertiary/aromatic N) is 3. The third-order valence-corrected chi connectivity index (χ3v) is 4.51. The zero-order valence-electron chi connectivity index (χ0n) is 13.8. The second kappa shape index (κ2) is 9.45. The van der Waals surface area contributed by atoms with Crippen LogP contribution in [0, 0.1) is 11.5 Å². The average Bonchev–Trinajstić information content (AvgIpc) is 2.67. The Balaban J connectivity index is 2.01. The highest BCUT2D eigenvalue weighted by atomic mass is 32.2. The van der Waals surface area contributed by atoms with Crippen molar-refractivity contribution < 1.29 is 9.59 Å². The fourth-order valence-electron chi connectivity index (χ4n) is 2.07. The van der Waals surface area contributed by atoms with Crippen LogP contribution in [-0.2, 0) is 10.5 Å². The van der Waals surface area contributed by atoms with Crippen molar-refractivity contribution >= 4 is 23.6 Å². The van der Waals surface area contributed by atoms with E-state index in [-0.39, 0.29) is 0 Å². The number of carbonyl (C=O) groups excluding carboxylic acids is 2. The number of nitriles is 1. The Morgan fingerprint density at radius 2 is 2.04 bits per heavy atom. The van der Waals surface area contributed by atoms with Gasteiger partial charge in [0, 0.05) is 30.9 Å². The zero-order valence-corrected chi connectivity index (χ0v) is 14.6. The standard InChI is InChI=1S/C18H18N4O2S/c1-22(13-19)18(24)16(12-25-11-14-6-3-2-4-7-14)21-17(23)15-8-5-9-20-10-15/h2-10,16H,11-12H2,1H3,(H,21,23)/t16-/m0/s1. The summed E-state index contributed by atoms with van der Waals surface area (Å²) >= 11 is 1.52. The van der Waals surface area contributed by atoms with Crippen LogP contribution in [0.15, 0.2) is 54.9 Å². The minimum Gasteiger partial charge on any atom is -0.339 e. The van der Waals surface area contributed by atoms with Crippen LogP contribution in [0.3, 0.4) is 0 Å². The Hall–Kier alpha value is -2.85. The van der Waals surface area contributed by atoms with E-state index in [0.29, 0.717) is 17.1 Å². The minimum atomic E-state index is -0.786. The van der Waals surface area contributed by atoms with Crippen molar-refractivity contribution in [3.8, 4) is 6.19 Å². The molecule has 7 heteroatoms. The van der Waals surface area contributed by atoms with Gasteiger partial charge in [-0.1, -0.05) is 30.3 Å². The number of likely N-dealkylation sites (N-methyl/N-ethyl adjacent to an activating group) is 1. The molecule has 0 bridgehead atoms. The predicted octanol–water partition coefficient (Wildman–Crippen LogP) is 2.05. The SMILES string of the molecule is CN(C#N)C(=O)[C@H](CSCc1ccccc1)NC(=O)c1cccnc1. The maximum atomic E-state index is 12.3. The normalized spacial score (nSPS) is 11.2. The lowest BCUT2D eigenvalue weighted by Crippen LogP contribution is -2.47. The average molecular weight is 354 g/mol. The molecule has 0 aliphatic heterocycles. The van der Waals surface area contributed by atoms with Crippen LogP contribution < -0.4 is 5.32 Å². The molecule has 128 valence electrons. The van der Waals surface area contributed by atoms with Crippen molar-refractivity contribution in [3.05, 3.63) is 66.0 Å². The number of nitrogens with one attached hydrogen (secondary N) is 1. The van der Waals surface area contributed by atoms with Crippen molar-refractivity contribution in [2.45, 2.75) is 11.8 Å². The molecule has 1 atom stereocenters. The molecule has 0 spiro atoms. The van der Waals surface area contributed by atoms with E-state index < -0.39 is 17.9 Å². The molecular formula is C18H18N4O2S. The van der Waals surface area contributed by atoms with Crippen molar-refractivity contribution in [2.75, 3.05) is 12.8 Å². The third kappa shape index (κ3) is 5.62. The van der Waals surface area contributed by atoms with Crippen LogP contribution >= 0.6 is 11.8 Å². The number of aromatic nitrogens is 1. The molecule has 0 saturated heterocycles. The molecule has 0 radical (unpaired) electrons.